The zero-order valence-corrected chi connectivity index (χ0v) is 6.74. The van der Waals surface area contributed by atoms with Crippen molar-refractivity contribution in [2.75, 3.05) is 0 Å². The van der Waals surface area contributed by atoms with Gasteiger partial charge in [-0.15, -0.1) is 0 Å². The van der Waals surface area contributed by atoms with Crippen LogP contribution < -0.4 is 0 Å². The van der Waals surface area contributed by atoms with Gasteiger partial charge in [-0.05, 0) is 19.1 Å². The first kappa shape index (κ1) is 9.13. The molecule has 66 valence electrons. The Morgan fingerprint density at radius 2 is 2.23 bits per heavy atom. The summed E-state index contributed by atoms with van der Waals surface area (Å²) in [5.74, 6) is -0.971. The van der Waals surface area contributed by atoms with Gasteiger partial charge in [-0.3, -0.25) is 10.1 Å². The molecule has 0 aromatic heterocycles. The molecule has 4 nitrogen and oxygen atoms in total. The van der Waals surface area contributed by atoms with Gasteiger partial charge in [-0.25, -0.2) is 0 Å². The normalized spacial score (nSPS) is 9.31. The topological polar surface area (TPSA) is 66.9 Å². The molecule has 1 aromatic rings. The van der Waals surface area contributed by atoms with Crippen molar-refractivity contribution >= 4 is 5.69 Å². The molecule has 0 radical (unpaired) electrons. The van der Waals surface area contributed by atoms with Gasteiger partial charge in [0.2, 0.25) is 5.82 Å². The average Bonchev–Trinajstić information content (AvgIpc) is 2.02. The summed E-state index contributed by atoms with van der Waals surface area (Å²) in [5.41, 5.74) is -0.332. The molecular weight excluding hydrogens is 175 g/mol. The monoisotopic (exact) mass is 180 g/mol. The number of hydrogen-bond acceptors (Lipinski definition) is 3. The smallest absolute Gasteiger partial charge is 0.258 e. The Hall–Kier alpha value is -1.96. The zero-order chi connectivity index (χ0) is 10.0. The number of hydrogen-bond donors (Lipinski definition) is 0. The molecule has 1 aromatic carbocycles. The largest absolute Gasteiger partial charge is 0.307 e. The van der Waals surface area contributed by atoms with Crippen molar-refractivity contribution in [3.05, 3.63) is 39.2 Å². The number of nitriles is 1. The standard InChI is InChI=1S/C8H5FN2O2/c1-5-2-6(4-10)3-7(9)8(5)11(12)13/h2-3H,1H3. The van der Waals surface area contributed by atoms with Crippen molar-refractivity contribution in [2.45, 2.75) is 6.92 Å². The number of nitrogens with zero attached hydrogens (tertiary/aromatic N) is 2. The third-order valence-corrected chi connectivity index (χ3v) is 1.57. The fourth-order valence-corrected chi connectivity index (χ4v) is 1.03. The summed E-state index contributed by atoms with van der Waals surface area (Å²) in [6.07, 6.45) is 0. The van der Waals surface area contributed by atoms with Crippen LogP contribution in [0.2, 0.25) is 0 Å². The van der Waals surface area contributed by atoms with Crippen molar-refractivity contribution in [3.63, 3.8) is 0 Å². The van der Waals surface area contributed by atoms with Crippen molar-refractivity contribution < 1.29 is 9.31 Å². The Morgan fingerprint density at radius 1 is 1.62 bits per heavy atom. The van der Waals surface area contributed by atoms with Crippen LogP contribution in [0, 0.1) is 34.2 Å². The van der Waals surface area contributed by atoms with Gasteiger partial charge in [0.05, 0.1) is 16.6 Å². The predicted molar refractivity (Wildman–Crippen MR) is 42.5 cm³/mol. The summed E-state index contributed by atoms with van der Waals surface area (Å²) in [7, 11) is 0. The van der Waals surface area contributed by atoms with E-state index >= 15 is 0 Å². The Morgan fingerprint density at radius 3 is 2.62 bits per heavy atom. The van der Waals surface area contributed by atoms with Crippen LogP contribution in [0.5, 0.6) is 0 Å². The van der Waals surface area contributed by atoms with Crippen LogP contribution in [0.15, 0.2) is 12.1 Å². The summed E-state index contributed by atoms with van der Waals surface area (Å²) in [6, 6.07) is 3.84. The summed E-state index contributed by atoms with van der Waals surface area (Å²) < 4.78 is 13.0. The molecule has 1 rings (SSSR count). The molecule has 0 aliphatic rings. The molecule has 0 aliphatic carbocycles. The molecule has 13 heavy (non-hydrogen) atoms. The predicted octanol–water partition coefficient (Wildman–Crippen LogP) is 1.91. The minimum absolute atomic E-state index is 0.0839. The Balaban J connectivity index is 3.42. The Bertz CT molecular complexity index is 386. The number of nitro groups is 1. The van der Waals surface area contributed by atoms with Crippen LogP contribution in [0.1, 0.15) is 11.1 Å². The fraction of sp³-hybridized carbons (Fsp3) is 0.125. The van der Waals surface area contributed by atoms with Crippen LogP contribution in [-0.4, -0.2) is 4.92 Å². The molecule has 0 aliphatic heterocycles. The van der Waals surface area contributed by atoms with E-state index in [0.29, 0.717) is 0 Å². The van der Waals surface area contributed by atoms with E-state index < -0.39 is 16.4 Å². The Kier molecular flexibility index (Phi) is 2.24. The number of benzene rings is 1. The molecule has 0 atom stereocenters. The summed E-state index contributed by atoms with van der Waals surface area (Å²) >= 11 is 0. The van der Waals surface area contributed by atoms with E-state index in [9.17, 15) is 14.5 Å². The second kappa shape index (κ2) is 3.19. The molecule has 5 heteroatoms. The molecule has 0 N–H and O–H groups in total. The molecule has 0 amide bonds. The highest BCUT2D eigenvalue weighted by Gasteiger charge is 2.18. The molecule has 0 saturated heterocycles. The van der Waals surface area contributed by atoms with Gasteiger partial charge in [-0.2, -0.15) is 9.65 Å². The summed E-state index contributed by atoms with van der Waals surface area (Å²) in [6.45, 7) is 1.39. The van der Waals surface area contributed by atoms with Crippen LogP contribution in [-0.2, 0) is 0 Å². The van der Waals surface area contributed by atoms with E-state index in [-0.39, 0.29) is 11.1 Å². The number of halogens is 1. The molecule has 0 unspecified atom stereocenters. The van der Waals surface area contributed by atoms with Crippen molar-refractivity contribution in [1.29, 1.82) is 5.26 Å². The molecule has 0 fully saturated rings. The molecule has 0 spiro atoms. The van der Waals surface area contributed by atoms with Gasteiger partial charge >= 0.3 is 5.69 Å². The van der Waals surface area contributed by atoms with Crippen molar-refractivity contribution in [1.82, 2.24) is 0 Å². The fourth-order valence-electron chi connectivity index (χ4n) is 1.03. The lowest BCUT2D eigenvalue weighted by Crippen LogP contribution is -1.96. The number of rotatable bonds is 1. The highest BCUT2D eigenvalue weighted by atomic mass is 19.1. The average molecular weight is 180 g/mol. The van der Waals surface area contributed by atoms with E-state index in [1.807, 2.05) is 0 Å². The molecule has 0 heterocycles. The molecule has 0 bridgehead atoms. The zero-order valence-electron chi connectivity index (χ0n) is 6.74. The van der Waals surface area contributed by atoms with Crippen molar-refractivity contribution in [2.24, 2.45) is 0 Å². The number of aryl methyl sites for hydroxylation is 1. The number of nitro benzene ring substituents is 1. The molecule has 0 saturated carbocycles. The maximum atomic E-state index is 13.0. The second-order valence-electron chi connectivity index (χ2n) is 2.49. The van der Waals surface area contributed by atoms with Crippen molar-refractivity contribution in [3.8, 4) is 6.07 Å². The van der Waals surface area contributed by atoms with E-state index in [1.54, 1.807) is 6.07 Å². The maximum absolute atomic E-state index is 13.0. The van der Waals surface area contributed by atoms with Gasteiger partial charge in [0.15, 0.2) is 0 Å². The lowest BCUT2D eigenvalue weighted by atomic mass is 10.1. The van der Waals surface area contributed by atoms with Crippen LogP contribution >= 0.6 is 0 Å². The third kappa shape index (κ3) is 1.62. The lowest BCUT2D eigenvalue weighted by Gasteiger charge is -1.98. The lowest BCUT2D eigenvalue weighted by molar-refractivity contribution is -0.388. The first-order valence-electron chi connectivity index (χ1n) is 3.41. The van der Waals surface area contributed by atoms with Gasteiger partial charge in [0.1, 0.15) is 0 Å². The van der Waals surface area contributed by atoms with E-state index in [1.165, 1.54) is 13.0 Å². The van der Waals surface area contributed by atoms with E-state index in [0.717, 1.165) is 6.07 Å². The highest BCUT2D eigenvalue weighted by Crippen LogP contribution is 2.22. The van der Waals surface area contributed by atoms with E-state index in [2.05, 4.69) is 0 Å². The minimum atomic E-state index is -0.971. The first-order chi connectivity index (χ1) is 6.06. The quantitative estimate of drug-likeness (QED) is 0.489. The maximum Gasteiger partial charge on any atom is 0.307 e. The first-order valence-corrected chi connectivity index (χ1v) is 3.41. The van der Waals surface area contributed by atoms with Gasteiger partial charge in [0, 0.05) is 5.56 Å². The highest BCUT2D eigenvalue weighted by molar-refractivity contribution is 5.46. The van der Waals surface area contributed by atoms with Crippen LogP contribution in [0.4, 0.5) is 10.1 Å². The van der Waals surface area contributed by atoms with Gasteiger partial charge in [-0.1, -0.05) is 0 Å². The summed E-state index contributed by atoms with van der Waals surface area (Å²) in [4.78, 5) is 9.53. The molecular formula is C8H5FN2O2. The third-order valence-electron chi connectivity index (χ3n) is 1.57. The SMILES string of the molecule is Cc1cc(C#N)cc(F)c1[N+](=O)[O-]. The second-order valence-corrected chi connectivity index (χ2v) is 2.49. The minimum Gasteiger partial charge on any atom is -0.258 e. The van der Waals surface area contributed by atoms with Crippen LogP contribution in [0.25, 0.3) is 0 Å². The Labute approximate surface area is 73.4 Å². The summed E-state index contributed by atoms with van der Waals surface area (Å²) in [5, 5.41) is 18.8. The van der Waals surface area contributed by atoms with Gasteiger partial charge < -0.3 is 0 Å². The van der Waals surface area contributed by atoms with E-state index in [4.69, 9.17) is 5.26 Å². The van der Waals surface area contributed by atoms with Crippen LogP contribution in [0.3, 0.4) is 0 Å². The van der Waals surface area contributed by atoms with Gasteiger partial charge in [0.25, 0.3) is 0 Å².